The van der Waals surface area contributed by atoms with Gasteiger partial charge in [0, 0.05) is 24.5 Å². The number of carbonyl (C=O) groups is 1. The number of aromatic nitrogens is 2. The van der Waals surface area contributed by atoms with Gasteiger partial charge in [0.25, 0.3) is 5.91 Å². The average molecular weight is 375 g/mol. The highest BCUT2D eigenvalue weighted by molar-refractivity contribution is 5.94. The highest BCUT2D eigenvalue weighted by atomic mass is 16.5. The highest BCUT2D eigenvalue weighted by Crippen LogP contribution is 2.24. The monoisotopic (exact) mass is 375 g/mol. The Bertz CT molecular complexity index is 898. The van der Waals surface area contributed by atoms with Crippen LogP contribution in [0.4, 0.5) is 0 Å². The lowest BCUT2D eigenvalue weighted by atomic mass is 10.1. The van der Waals surface area contributed by atoms with E-state index < -0.39 is 0 Å². The summed E-state index contributed by atoms with van der Waals surface area (Å²) >= 11 is 0. The van der Waals surface area contributed by atoms with Gasteiger partial charge in [0.2, 0.25) is 0 Å². The molecule has 0 bridgehead atoms. The van der Waals surface area contributed by atoms with Crippen LogP contribution in [0.3, 0.4) is 0 Å². The van der Waals surface area contributed by atoms with Gasteiger partial charge in [0.1, 0.15) is 5.75 Å². The van der Waals surface area contributed by atoms with Crippen molar-refractivity contribution in [2.45, 2.75) is 44.9 Å². The minimum Gasteiger partial charge on any atom is -0.490 e. The predicted octanol–water partition coefficient (Wildman–Crippen LogP) is 4.18. The zero-order valence-corrected chi connectivity index (χ0v) is 15.9. The van der Waals surface area contributed by atoms with E-state index in [2.05, 4.69) is 16.5 Å². The maximum Gasteiger partial charge on any atom is 0.251 e. The number of hydrogen-bond acceptors (Lipinski definition) is 3. The molecule has 3 aromatic rings. The van der Waals surface area contributed by atoms with Gasteiger partial charge in [-0.2, -0.15) is 5.10 Å². The Labute approximate surface area is 165 Å². The van der Waals surface area contributed by atoms with Crippen molar-refractivity contribution >= 4 is 5.91 Å². The molecule has 1 aromatic heterocycles. The van der Waals surface area contributed by atoms with Crippen molar-refractivity contribution in [1.82, 2.24) is 15.1 Å². The minimum absolute atomic E-state index is 0.0821. The van der Waals surface area contributed by atoms with Crippen molar-refractivity contribution < 1.29 is 9.53 Å². The summed E-state index contributed by atoms with van der Waals surface area (Å²) in [5.41, 5.74) is 2.88. The zero-order chi connectivity index (χ0) is 19.2. The lowest BCUT2D eigenvalue weighted by Gasteiger charge is -2.13. The minimum atomic E-state index is -0.0821. The van der Waals surface area contributed by atoms with Crippen LogP contribution in [0, 0.1) is 0 Å². The molecule has 1 aliphatic carbocycles. The Hall–Kier alpha value is -3.08. The normalized spacial score (nSPS) is 14.1. The molecule has 5 heteroatoms. The number of nitrogens with zero attached hydrogens (tertiary/aromatic N) is 2. The van der Waals surface area contributed by atoms with E-state index in [0.29, 0.717) is 24.8 Å². The number of carbonyl (C=O) groups excluding carboxylic acids is 1. The van der Waals surface area contributed by atoms with E-state index in [1.54, 1.807) is 6.20 Å². The molecule has 144 valence electrons. The SMILES string of the molecule is O=C(NCc1ccccc1Cn1cccn1)c1ccc(OC2CCCC2)cc1. The Kier molecular flexibility index (Phi) is 5.71. The van der Waals surface area contributed by atoms with Crippen molar-refractivity contribution in [2.75, 3.05) is 0 Å². The van der Waals surface area contributed by atoms with Gasteiger partial charge in [-0.05, 0) is 67.1 Å². The summed E-state index contributed by atoms with van der Waals surface area (Å²) in [6.45, 7) is 1.17. The van der Waals surface area contributed by atoms with Gasteiger partial charge >= 0.3 is 0 Å². The first kappa shape index (κ1) is 18.3. The van der Waals surface area contributed by atoms with Crippen LogP contribution in [0.25, 0.3) is 0 Å². The molecule has 1 heterocycles. The van der Waals surface area contributed by atoms with Crippen LogP contribution in [0.15, 0.2) is 67.0 Å². The number of ether oxygens (including phenoxy) is 1. The Morgan fingerprint density at radius 2 is 1.79 bits per heavy atom. The maximum absolute atomic E-state index is 12.5. The standard InChI is InChI=1S/C23H25N3O2/c27-23(18-10-12-22(13-11-18)28-21-8-3-4-9-21)24-16-19-6-1-2-7-20(19)17-26-15-5-14-25-26/h1-2,5-7,10-15,21H,3-4,8-9,16-17H2,(H,24,27). The van der Waals surface area contributed by atoms with Gasteiger partial charge in [0.05, 0.1) is 12.6 Å². The molecule has 2 aromatic carbocycles. The van der Waals surface area contributed by atoms with Crippen LogP contribution in [0.5, 0.6) is 5.75 Å². The van der Waals surface area contributed by atoms with E-state index in [1.165, 1.54) is 12.8 Å². The molecule has 0 atom stereocenters. The average Bonchev–Trinajstić information content (AvgIpc) is 3.42. The smallest absolute Gasteiger partial charge is 0.251 e. The van der Waals surface area contributed by atoms with Gasteiger partial charge in [-0.15, -0.1) is 0 Å². The van der Waals surface area contributed by atoms with E-state index in [1.807, 2.05) is 59.4 Å². The molecule has 28 heavy (non-hydrogen) atoms. The van der Waals surface area contributed by atoms with Gasteiger partial charge in [-0.3, -0.25) is 9.48 Å². The first-order valence-corrected chi connectivity index (χ1v) is 9.87. The summed E-state index contributed by atoms with van der Waals surface area (Å²) in [5, 5.41) is 7.28. The third kappa shape index (κ3) is 4.60. The molecule has 0 radical (unpaired) electrons. The quantitative estimate of drug-likeness (QED) is 0.674. The molecule has 1 N–H and O–H groups in total. The molecule has 5 nitrogen and oxygen atoms in total. The summed E-state index contributed by atoms with van der Waals surface area (Å²) in [7, 11) is 0. The Balaban J connectivity index is 1.35. The second-order valence-electron chi connectivity index (χ2n) is 7.20. The van der Waals surface area contributed by atoms with Crippen LogP contribution < -0.4 is 10.1 Å². The Morgan fingerprint density at radius 1 is 1.04 bits per heavy atom. The van der Waals surface area contributed by atoms with Crippen molar-refractivity contribution in [3.63, 3.8) is 0 Å². The van der Waals surface area contributed by atoms with E-state index in [-0.39, 0.29) is 5.91 Å². The molecular formula is C23H25N3O2. The molecule has 0 aliphatic heterocycles. The fraction of sp³-hybridized carbons (Fsp3) is 0.304. The Morgan fingerprint density at radius 3 is 2.50 bits per heavy atom. The fourth-order valence-electron chi connectivity index (χ4n) is 3.61. The van der Waals surface area contributed by atoms with Crippen molar-refractivity contribution in [1.29, 1.82) is 0 Å². The van der Waals surface area contributed by atoms with Gasteiger partial charge < -0.3 is 10.1 Å². The summed E-state index contributed by atoms with van der Waals surface area (Å²) in [4.78, 5) is 12.5. The third-order valence-electron chi connectivity index (χ3n) is 5.17. The van der Waals surface area contributed by atoms with Crippen molar-refractivity contribution in [2.24, 2.45) is 0 Å². The first-order valence-electron chi connectivity index (χ1n) is 9.87. The molecule has 0 unspecified atom stereocenters. The highest BCUT2D eigenvalue weighted by Gasteiger charge is 2.16. The van der Waals surface area contributed by atoms with E-state index in [9.17, 15) is 4.79 Å². The molecule has 0 saturated heterocycles. The molecule has 1 aliphatic rings. The second kappa shape index (κ2) is 8.74. The van der Waals surface area contributed by atoms with Gasteiger partial charge in [-0.1, -0.05) is 24.3 Å². The van der Waals surface area contributed by atoms with Crippen LogP contribution >= 0.6 is 0 Å². The number of rotatable bonds is 7. The molecule has 1 saturated carbocycles. The molecule has 0 spiro atoms. The largest absolute Gasteiger partial charge is 0.490 e. The van der Waals surface area contributed by atoms with Crippen LogP contribution in [0.1, 0.15) is 47.2 Å². The summed E-state index contributed by atoms with van der Waals surface area (Å²) in [6.07, 6.45) is 8.76. The van der Waals surface area contributed by atoms with E-state index in [4.69, 9.17) is 4.74 Å². The first-order chi connectivity index (χ1) is 13.8. The van der Waals surface area contributed by atoms with Crippen LogP contribution in [-0.4, -0.2) is 21.8 Å². The summed E-state index contributed by atoms with van der Waals surface area (Å²) in [5.74, 6) is 0.759. The zero-order valence-electron chi connectivity index (χ0n) is 15.9. The predicted molar refractivity (Wildman–Crippen MR) is 108 cm³/mol. The fourth-order valence-corrected chi connectivity index (χ4v) is 3.61. The number of benzene rings is 2. The lowest BCUT2D eigenvalue weighted by molar-refractivity contribution is 0.0951. The van der Waals surface area contributed by atoms with Gasteiger partial charge in [-0.25, -0.2) is 0 Å². The maximum atomic E-state index is 12.5. The molecule has 1 fully saturated rings. The molecular weight excluding hydrogens is 350 g/mol. The van der Waals surface area contributed by atoms with E-state index >= 15 is 0 Å². The van der Waals surface area contributed by atoms with E-state index in [0.717, 1.165) is 29.7 Å². The van der Waals surface area contributed by atoms with Crippen LogP contribution in [0.2, 0.25) is 0 Å². The summed E-state index contributed by atoms with van der Waals surface area (Å²) < 4.78 is 7.84. The summed E-state index contributed by atoms with van der Waals surface area (Å²) in [6, 6.07) is 17.4. The third-order valence-corrected chi connectivity index (χ3v) is 5.17. The molecule has 1 amide bonds. The molecule has 4 rings (SSSR count). The van der Waals surface area contributed by atoms with Gasteiger partial charge in [0.15, 0.2) is 0 Å². The number of hydrogen-bond donors (Lipinski definition) is 1. The second-order valence-corrected chi connectivity index (χ2v) is 7.20. The van der Waals surface area contributed by atoms with Crippen LogP contribution in [-0.2, 0) is 13.1 Å². The lowest BCUT2D eigenvalue weighted by Crippen LogP contribution is -2.23. The number of amides is 1. The number of nitrogens with one attached hydrogen (secondary N) is 1. The topological polar surface area (TPSA) is 56.2 Å². The van der Waals surface area contributed by atoms with Crippen molar-refractivity contribution in [3.8, 4) is 5.75 Å². The van der Waals surface area contributed by atoms with Crippen molar-refractivity contribution in [3.05, 3.63) is 83.7 Å².